The number of aliphatic carboxylic acids is 1. The van der Waals surface area contributed by atoms with E-state index in [9.17, 15) is 4.79 Å². The van der Waals surface area contributed by atoms with Gasteiger partial charge in [-0.2, -0.15) is 0 Å². The number of ether oxygens (including phenoxy) is 1. The predicted molar refractivity (Wildman–Crippen MR) is 64.4 cm³/mol. The average molecular weight is 247 g/mol. The number of rotatable bonds is 4. The van der Waals surface area contributed by atoms with Crippen LogP contribution in [0.3, 0.4) is 0 Å². The minimum absolute atomic E-state index is 0.153. The molecule has 6 heteroatoms. The van der Waals surface area contributed by atoms with E-state index in [1.54, 1.807) is 30.7 Å². The summed E-state index contributed by atoms with van der Waals surface area (Å²) in [5.41, 5.74) is 0.803. The zero-order valence-electron chi connectivity index (χ0n) is 10.1. The number of aryl methyl sites for hydroxylation is 1. The third kappa shape index (κ3) is 2.32. The number of methoxy groups -OCH3 is 1. The third-order valence-electron chi connectivity index (χ3n) is 2.58. The second-order valence-corrected chi connectivity index (χ2v) is 3.78. The van der Waals surface area contributed by atoms with E-state index in [4.69, 9.17) is 9.84 Å². The number of nitrogens with zero attached hydrogens (tertiary/aromatic N) is 3. The lowest BCUT2D eigenvalue weighted by Crippen LogP contribution is -2.11. The number of aromatic nitrogens is 3. The Morgan fingerprint density at radius 1 is 1.33 bits per heavy atom. The fourth-order valence-corrected chi connectivity index (χ4v) is 1.66. The van der Waals surface area contributed by atoms with E-state index >= 15 is 0 Å². The van der Waals surface area contributed by atoms with Gasteiger partial charge in [-0.1, -0.05) is 0 Å². The summed E-state index contributed by atoms with van der Waals surface area (Å²) in [5.74, 6) is 0.924. The van der Waals surface area contributed by atoms with Crippen molar-refractivity contribution in [2.45, 2.75) is 13.5 Å². The molecule has 0 bridgehead atoms. The first-order valence-electron chi connectivity index (χ1n) is 5.38. The van der Waals surface area contributed by atoms with E-state index in [2.05, 4.69) is 10.2 Å². The Labute approximate surface area is 104 Å². The highest BCUT2D eigenvalue weighted by Gasteiger charge is 2.13. The topological polar surface area (TPSA) is 77.2 Å². The van der Waals surface area contributed by atoms with Crippen molar-refractivity contribution >= 4 is 5.97 Å². The Kier molecular flexibility index (Phi) is 3.27. The summed E-state index contributed by atoms with van der Waals surface area (Å²) in [7, 11) is 1.59. The van der Waals surface area contributed by atoms with Gasteiger partial charge in [-0.05, 0) is 31.2 Å². The van der Waals surface area contributed by atoms with Crippen LogP contribution in [0.25, 0.3) is 11.4 Å². The first-order valence-corrected chi connectivity index (χ1v) is 5.38. The largest absolute Gasteiger partial charge is 0.497 e. The molecule has 0 spiro atoms. The van der Waals surface area contributed by atoms with Crippen molar-refractivity contribution in [3.63, 3.8) is 0 Å². The van der Waals surface area contributed by atoms with Gasteiger partial charge in [0.1, 0.15) is 18.1 Å². The molecule has 0 amide bonds. The lowest BCUT2D eigenvalue weighted by Gasteiger charge is -2.06. The molecule has 0 atom stereocenters. The number of carbonyl (C=O) groups is 1. The van der Waals surface area contributed by atoms with Crippen LogP contribution < -0.4 is 4.74 Å². The van der Waals surface area contributed by atoms with Crippen molar-refractivity contribution in [2.24, 2.45) is 0 Å². The Hall–Kier alpha value is -2.37. The molecule has 1 N–H and O–H groups in total. The van der Waals surface area contributed by atoms with Crippen LogP contribution in [0, 0.1) is 6.92 Å². The standard InChI is InChI=1S/C12H13N3O3/c1-8-13-14-12(15(8)7-11(16)17)9-3-5-10(18-2)6-4-9/h3-6H,7H2,1-2H3,(H,16,17). The van der Waals surface area contributed by atoms with Crippen molar-refractivity contribution in [3.8, 4) is 17.1 Å². The first-order chi connectivity index (χ1) is 8.61. The first kappa shape index (κ1) is 12.1. The second-order valence-electron chi connectivity index (χ2n) is 3.78. The average Bonchev–Trinajstić information content (AvgIpc) is 2.71. The predicted octanol–water partition coefficient (Wildman–Crippen LogP) is 1.35. The van der Waals surface area contributed by atoms with Gasteiger partial charge in [0.15, 0.2) is 5.82 Å². The number of carboxylic acids is 1. The van der Waals surface area contributed by atoms with Crippen molar-refractivity contribution < 1.29 is 14.6 Å². The van der Waals surface area contributed by atoms with E-state index in [-0.39, 0.29) is 6.54 Å². The summed E-state index contributed by atoms with van der Waals surface area (Å²) in [5, 5.41) is 16.8. The molecule has 0 fully saturated rings. The lowest BCUT2D eigenvalue weighted by atomic mass is 10.2. The van der Waals surface area contributed by atoms with Crippen LogP contribution in [0.1, 0.15) is 5.82 Å². The molecular formula is C12H13N3O3. The van der Waals surface area contributed by atoms with Crippen molar-refractivity contribution in [1.82, 2.24) is 14.8 Å². The molecule has 0 unspecified atom stereocenters. The SMILES string of the molecule is COc1ccc(-c2nnc(C)n2CC(=O)O)cc1. The smallest absolute Gasteiger partial charge is 0.323 e. The third-order valence-corrected chi connectivity index (χ3v) is 2.58. The minimum Gasteiger partial charge on any atom is -0.497 e. The Balaban J connectivity index is 2.40. The monoisotopic (exact) mass is 247 g/mol. The number of hydrogen-bond donors (Lipinski definition) is 1. The Morgan fingerprint density at radius 3 is 2.56 bits per heavy atom. The van der Waals surface area contributed by atoms with Gasteiger partial charge in [-0.3, -0.25) is 9.36 Å². The molecule has 1 heterocycles. The molecular weight excluding hydrogens is 234 g/mol. The number of hydrogen-bond acceptors (Lipinski definition) is 4. The molecule has 94 valence electrons. The summed E-state index contributed by atoms with van der Waals surface area (Å²) in [6, 6.07) is 7.23. The molecule has 18 heavy (non-hydrogen) atoms. The Morgan fingerprint density at radius 2 is 2.00 bits per heavy atom. The number of benzene rings is 1. The molecule has 2 aromatic rings. The maximum absolute atomic E-state index is 10.8. The van der Waals surface area contributed by atoms with E-state index in [1.807, 2.05) is 12.1 Å². The quantitative estimate of drug-likeness (QED) is 0.882. The number of carboxylic acid groups (broad SMARTS) is 1. The van der Waals surface area contributed by atoms with Gasteiger partial charge in [0.2, 0.25) is 0 Å². The van der Waals surface area contributed by atoms with Crippen molar-refractivity contribution in [1.29, 1.82) is 0 Å². The maximum Gasteiger partial charge on any atom is 0.323 e. The normalized spacial score (nSPS) is 10.3. The fraction of sp³-hybridized carbons (Fsp3) is 0.250. The molecule has 0 saturated carbocycles. The highest BCUT2D eigenvalue weighted by Crippen LogP contribution is 2.21. The van der Waals surface area contributed by atoms with Crippen LogP contribution in [-0.2, 0) is 11.3 Å². The molecule has 0 aliphatic rings. The van der Waals surface area contributed by atoms with Gasteiger partial charge in [-0.15, -0.1) is 10.2 Å². The molecule has 0 saturated heterocycles. The molecule has 0 radical (unpaired) electrons. The van der Waals surface area contributed by atoms with Crippen LogP contribution >= 0.6 is 0 Å². The van der Waals surface area contributed by atoms with E-state index in [0.717, 1.165) is 11.3 Å². The molecule has 0 aliphatic heterocycles. The summed E-state index contributed by atoms with van der Waals surface area (Å²) in [6.07, 6.45) is 0. The van der Waals surface area contributed by atoms with Crippen LogP contribution in [0.4, 0.5) is 0 Å². The minimum atomic E-state index is -0.923. The fourth-order valence-electron chi connectivity index (χ4n) is 1.66. The van der Waals surface area contributed by atoms with Crippen LogP contribution in [0.15, 0.2) is 24.3 Å². The van der Waals surface area contributed by atoms with Gasteiger partial charge in [0.25, 0.3) is 0 Å². The maximum atomic E-state index is 10.8. The lowest BCUT2D eigenvalue weighted by molar-refractivity contribution is -0.137. The molecule has 2 rings (SSSR count). The van der Waals surface area contributed by atoms with E-state index in [1.165, 1.54) is 0 Å². The van der Waals surface area contributed by atoms with Crippen LogP contribution in [0.5, 0.6) is 5.75 Å². The van der Waals surface area contributed by atoms with Gasteiger partial charge < -0.3 is 9.84 Å². The zero-order valence-corrected chi connectivity index (χ0v) is 10.1. The summed E-state index contributed by atoms with van der Waals surface area (Å²) >= 11 is 0. The summed E-state index contributed by atoms with van der Waals surface area (Å²) in [6.45, 7) is 1.57. The van der Waals surface area contributed by atoms with Crippen LogP contribution in [-0.4, -0.2) is 33.0 Å². The van der Waals surface area contributed by atoms with Gasteiger partial charge in [0, 0.05) is 5.56 Å². The highest BCUT2D eigenvalue weighted by atomic mass is 16.5. The summed E-state index contributed by atoms with van der Waals surface area (Å²) < 4.78 is 6.63. The van der Waals surface area contributed by atoms with Crippen LogP contribution in [0.2, 0.25) is 0 Å². The van der Waals surface area contributed by atoms with Gasteiger partial charge >= 0.3 is 5.97 Å². The van der Waals surface area contributed by atoms with Crippen molar-refractivity contribution in [2.75, 3.05) is 7.11 Å². The molecule has 0 aliphatic carbocycles. The summed E-state index contributed by atoms with van der Waals surface area (Å²) in [4.78, 5) is 10.8. The highest BCUT2D eigenvalue weighted by molar-refractivity contribution is 5.68. The van der Waals surface area contributed by atoms with Crippen molar-refractivity contribution in [3.05, 3.63) is 30.1 Å². The van der Waals surface area contributed by atoms with E-state index < -0.39 is 5.97 Å². The zero-order chi connectivity index (χ0) is 13.1. The molecule has 1 aromatic carbocycles. The molecule has 6 nitrogen and oxygen atoms in total. The van der Waals surface area contributed by atoms with E-state index in [0.29, 0.717) is 11.6 Å². The molecule has 1 aromatic heterocycles. The van der Waals surface area contributed by atoms with Gasteiger partial charge in [0.05, 0.1) is 7.11 Å². The van der Waals surface area contributed by atoms with Gasteiger partial charge in [-0.25, -0.2) is 0 Å². The Bertz CT molecular complexity index is 560. The second kappa shape index (κ2) is 4.87.